The van der Waals surface area contributed by atoms with E-state index >= 15 is 0 Å². The average Bonchev–Trinajstić information content (AvgIpc) is 2.60. The second kappa shape index (κ2) is 7.28. The topological polar surface area (TPSA) is 57.2 Å². The van der Waals surface area contributed by atoms with Gasteiger partial charge in [0.05, 0.1) is 6.20 Å². The molecule has 23 heavy (non-hydrogen) atoms. The Kier molecular flexibility index (Phi) is 4.92. The second-order valence-electron chi connectivity index (χ2n) is 5.26. The van der Waals surface area contributed by atoms with Crippen molar-refractivity contribution in [1.29, 1.82) is 0 Å². The summed E-state index contributed by atoms with van der Waals surface area (Å²) in [6.07, 6.45) is 3.47. The van der Waals surface area contributed by atoms with E-state index in [1.807, 2.05) is 18.2 Å². The fourth-order valence-electron chi connectivity index (χ4n) is 2.55. The van der Waals surface area contributed by atoms with Crippen LogP contribution in [-0.4, -0.2) is 47.9 Å². The molecule has 2 aromatic rings. The van der Waals surface area contributed by atoms with Gasteiger partial charge in [-0.05, 0) is 18.2 Å². The van der Waals surface area contributed by atoms with Gasteiger partial charge in [0.25, 0.3) is 0 Å². The second-order valence-corrected chi connectivity index (χ2v) is 5.70. The lowest BCUT2D eigenvalue weighted by Crippen LogP contribution is -2.47. The molecule has 1 fully saturated rings. The predicted octanol–water partition coefficient (Wildman–Crippen LogP) is 2.45. The van der Waals surface area contributed by atoms with Crippen LogP contribution in [0.15, 0.2) is 43.1 Å². The maximum atomic E-state index is 6.07. The van der Waals surface area contributed by atoms with Gasteiger partial charge in [0, 0.05) is 43.4 Å². The summed E-state index contributed by atoms with van der Waals surface area (Å²) in [4.78, 5) is 9.04. The summed E-state index contributed by atoms with van der Waals surface area (Å²) in [6.45, 7) is 7.88. The summed E-state index contributed by atoms with van der Waals surface area (Å²) in [7, 11) is 0. The molecule has 1 N–H and O–H groups in total. The van der Waals surface area contributed by atoms with Crippen molar-refractivity contribution in [3.8, 4) is 0 Å². The maximum Gasteiger partial charge on any atom is 0.244 e. The van der Waals surface area contributed by atoms with Gasteiger partial charge in [0.1, 0.15) is 0 Å². The Morgan fingerprint density at radius 2 is 2.00 bits per heavy atom. The Balaban J connectivity index is 1.63. The summed E-state index contributed by atoms with van der Waals surface area (Å²) in [6, 6.07) is 7.97. The first kappa shape index (κ1) is 15.6. The monoisotopic (exact) mass is 330 g/mol. The van der Waals surface area contributed by atoms with Crippen molar-refractivity contribution in [2.45, 2.75) is 0 Å². The van der Waals surface area contributed by atoms with Gasteiger partial charge in [-0.25, -0.2) is 0 Å². The van der Waals surface area contributed by atoms with Gasteiger partial charge >= 0.3 is 0 Å². The Labute approximate surface area is 140 Å². The molecule has 1 aliphatic heterocycles. The van der Waals surface area contributed by atoms with Crippen LogP contribution in [0.4, 0.5) is 17.5 Å². The smallest absolute Gasteiger partial charge is 0.244 e. The summed E-state index contributed by atoms with van der Waals surface area (Å²) in [5, 5.41) is 11.8. The van der Waals surface area contributed by atoms with Crippen LogP contribution in [0, 0.1) is 0 Å². The molecule has 0 saturated carbocycles. The van der Waals surface area contributed by atoms with Crippen LogP contribution in [0.1, 0.15) is 0 Å². The van der Waals surface area contributed by atoms with Gasteiger partial charge in [0.2, 0.25) is 5.95 Å². The molecule has 120 valence electrons. The zero-order chi connectivity index (χ0) is 16.1. The number of halogens is 1. The zero-order valence-corrected chi connectivity index (χ0v) is 13.6. The molecule has 0 bridgehead atoms. The Bertz CT molecular complexity index is 669. The molecule has 0 spiro atoms. The van der Waals surface area contributed by atoms with Gasteiger partial charge in [-0.15, -0.1) is 11.7 Å². The third kappa shape index (κ3) is 3.90. The number of hydrogen-bond donors (Lipinski definition) is 1. The number of anilines is 3. The minimum absolute atomic E-state index is 0.527. The number of hydrogen-bond acceptors (Lipinski definition) is 6. The van der Waals surface area contributed by atoms with Crippen LogP contribution in [-0.2, 0) is 0 Å². The van der Waals surface area contributed by atoms with Gasteiger partial charge in [0.15, 0.2) is 5.82 Å². The van der Waals surface area contributed by atoms with Gasteiger partial charge in [-0.2, -0.15) is 10.1 Å². The Morgan fingerprint density at radius 3 is 2.74 bits per heavy atom. The summed E-state index contributed by atoms with van der Waals surface area (Å²) in [5.74, 6) is 1.37. The largest absolute Gasteiger partial charge is 0.368 e. The van der Waals surface area contributed by atoms with Crippen LogP contribution in [0.3, 0.4) is 0 Å². The summed E-state index contributed by atoms with van der Waals surface area (Å²) in [5.41, 5.74) is 1.16. The molecule has 0 amide bonds. The molecule has 7 heteroatoms. The van der Waals surface area contributed by atoms with E-state index in [0.717, 1.165) is 42.7 Å². The van der Waals surface area contributed by atoms with E-state index in [1.165, 1.54) is 0 Å². The molecular formula is C16H19ClN6. The van der Waals surface area contributed by atoms with Crippen molar-refractivity contribution in [3.63, 3.8) is 0 Å². The number of piperazine rings is 1. The molecule has 1 aromatic heterocycles. The first-order chi connectivity index (χ1) is 11.3. The molecule has 0 atom stereocenters. The van der Waals surface area contributed by atoms with E-state index in [0.29, 0.717) is 12.5 Å². The van der Waals surface area contributed by atoms with E-state index in [-0.39, 0.29) is 0 Å². The van der Waals surface area contributed by atoms with Crippen molar-refractivity contribution in [3.05, 3.63) is 48.1 Å². The van der Waals surface area contributed by atoms with Gasteiger partial charge in [-0.3, -0.25) is 0 Å². The standard InChI is InChI=1S/C16H19ClN6/c1-2-6-18-16-20-15(12-19-21-16)23-9-7-22(8-10-23)14-5-3-4-13(17)11-14/h2-5,11-12H,1,6-10H2,(H,18,20,21). The summed E-state index contributed by atoms with van der Waals surface area (Å²) < 4.78 is 0. The van der Waals surface area contributed by atoms with Gasteiger partial charge in [-0.1, -0.05) is 23.7 Å². The van der Waals surface area contributed by atoms with E-state index in [9.17, 15) is 0 Å². The molecule has 2 heterocycles. The lowest BCUT2D eigenvalue weighted by atomic mass is 10.2. The number of rotatable bonds is 5. The van der Waals surface area contributed by atoms with Crippen molar-refractivity contribution in [2.24, 2.45) is 0 Å². The van der Waals surface area contributed by atoms with Crippen LogP contribution >= 0.6 is 11.6 Å². The van der Waals surface area contributed by atoms with Crippen molar-refractivity contribution < 1.29 is 0 Å². The number of nitrogens with one attached hydrogen (secondary N) is 1. The lowest BCUT2D eigenvalue weighted by molar-refractivity contribution is 0.644. The number of nitrogens with zero attached hydrogens (tertiary/aromatic N) is 5. The quantitative estimate of drug-likeness (QED) is 0.850. The lowest BCUT2D eigenvalue weighted by Gasteiger charge is -2.36. The molecule has 0 unspecified atom stereocenters. The van der Waals surface area contributed by atoms with Crippen LogP contribution in [0.25, 0.3) is 0 Å². The third-order valence-electron chi connectivity index (χ3n) is 3.73. The zero-order valence-electron chi connectivity index (χ0n) is 12.8. The first-order valence-electron chi connectivity index (χ1n) is 7.56. The molecular weight excluding hydrogens is 312 g/mol. The Hall–Kier alpha value is -2.34. The maximum absolute atomic E-state index is 6.07. The molecule has 1 aromatic carbocycles. The van der Waals surface area contributed by atoms with Gasteiger partial charge < -0.3 is 15.1 Å². The fourth-order valence-corrected chi connectivity index (χ4v) is 2.74. The highest BCUT2D eigenvalue weighted by molar-refractivity contribution is 6.30. The highest BCUT2D eigenvalue weighted by Crippen LogP contribution is 2.22. The van der Waals surface area contributed by atoms with Crippen molar-refractivity contribution >= 4 is 29.1 Å². The minimum Gasteiger partial charge on any atom is -0.368 e. The molecule has 1 aliphatic rings. The molecule has 0 radical (unpaired) electrons. The average molecular weight is 331 g/mol. The Morgan fingerprint density at radius 1 is 1.22 bits per heavy atom. The molecule has 1 saturated heterocycles. The highest BCUT2D eigenvalue weighted by Gasteiger charge is 2.19. The van der Waals surface area contributed by atoms with Crippen molar-refractivity contribution in [1.82, 2.24) is 15.2 Å². The van der Waals surface area contributed by atoms with E-state index in [2.05, 4.69) is 42.9 Å². The first-order valence-corrected chi connectivity index (χ1v) is 7.94. The van der Waals surface area contributed by atoms with Crippen LogP contribution in [0.2, 0.25) is 5.02 Å². The summed E-state index contributed by atoms with van der Waals surface area (Å²) >= 11 is 6.07. The van der Waals surface area contributed by atoms with E-state index < -0.39 is 0 Å². The molecule has 0 aliphatic carbocycles. The third-order valence-corrected chi connectivity index (χ3v) is 3.96. The highest BCUT2D eigenvalue weighted by atomic mass is 35.5. The predicted molar refractivity (Wildman–Crippen MR) is 94.4 cm³/mol. The fraction of sp³-hybridized carbons (Fsp3) is 0.312. The number of aromatic nitrogens is 3. The van der Waals surface area contributed by atoms with E-state index in [4.69, 9.17) is 11.6 Å². The van der Waals surface area contributed by atoms with Crippen LogP contribution in [0.5, 0.6) is 0 Å². The number of benzene rings is 1. The van der Waals surface area contributed by atoms with E-state index in [1.54, 1.807) is 12.3 Å². The SMILES string of the molecule is C=CCNc1nncc(N2CCN(c3cccc(Cl)c3)CC2)n1. The normalized spacial score (nSPS) is 14.7. The molecule has 3 rings (SSSR count). The van der Waals surface area contributed by atoms with Crippen LogP contribution < -0.4 is 15.1 Å². The minimum atomic E-state index is 0.527. The molecule has 6 nitrogen and oxygen atoms in total. The van der Waals surface area contributed by atoms with Crippen molar-refractivity contribution in [2.75, 3.05) is 47.8 Å².